The highest BCUT2D eigenvalue weighted by Gasteiger charge is 2.32. The van der Waals surface area contributed by atoms with Crippen molar-refractivity contribution in [3.63, 3.8) is 0 Å². The second-order valence-corrected chi connectivity index (χ2v) is 6.22. The highest BCUT2D eigenvalue weighted by atomic mass is 16.5. The molecule has 0 unspecified atom stereocenters. The van der Waals surface area contributed by atoms with Crippen LogP contribution in [0.3, 0.4) is 0 Å². The van der Waals surface area contributed by atoms with Gasteiger partial charge in [0.05, 0.1) is 5.92 Å². The summed E-state index contributed by atoms with van der Waals surface area (Å²) in [5.41, 5.74) is 2.43. The van der Waals surface area contributed by atoms with Crippen LogP contribution in [0.25, 0.3) is 11.5 Å². The van der Waals surface area contributed by atoms with E-state index in [2.05, 4.69) is 15.1 Å². The number of pyridine rings is 1. The van der Waals surface area contributed by atoms with Gasteiger partial charge in [-0.05, 0) is 37.1 Å². The van der Waals surface area contributed by atoms with Crippen molar-refractivity contribution in [1.29, 1.82) is 0 Å². The molecule has 1 aliphatic heterocycles. The second kappa shape index (κ2) is 6.47. The smallest absolute Gasteiger partial charge is 0.254 e. The topological polar surface area (TPSA) is 72.1 Å². The molecule has 1 aliphatic rings. The van der Waals surface area contributed by atoms with Crippen LogP contribution in [0.15, 0.2) is 53.2 Å². The fourth-order valence-electron chi connectivity index (χ4n) is 3.13. The summed E-state index contributed by atoms with van der Waals surface area (Å²) in [6.07, 6.45) is 2.52. The van der Waals surface area contributed by atoms with Crippen LogP contribution in [0.4, 0.5) is 0 Å². The third-order valence-corrected chi connectivity index (χ3v) is 4.54. The lowest BCUT2D eigenvalue weighted by Gasteiger charge is -2.17. The number of aryl methyl sites for hydroxylation is 1. The van der Waals surface area contributed by atoms with Crippen LogP contribution in [0.2, 0.25) is 0 Å². The number of benzene rings is 1. The standard InChI is InChI=1S/C19H18N4O2/c1-13-6-2-3-7-15(13)19(24)23-11-9-14(12-23)18-21-17(22-25-18)16-8-4-5-10-20-16/h2-8,10,14H,9,11-12H2,1H3/t14-/m1/s1. The Morgan fingerprint density at radius 1 is 1.20 bits per heavy atom. The van der Waals surface area contributed by atoms with E-state index in [9.17, 15) is 4.79 Å². The SMILES string of the molecule is Cc1ccccc1C(=O)N1CC[C@@H](c2nc(-c3ccccn3)no2)C1. The van der Waals surface area contributed by atoms with Gasteiger partial charge >= 0.3 is 0 Å². The first-order chi connectivity index (χ1) is 12.2. The molecule has 0 bridgehead atoms. The zero-order valence-electron chi connectivity index (χ0n) is 13.9. The molecule has 0 aliphatic carbocycles. The molecule has 6 nitrogen and oxygen atoms in total. The van der Waals surface area contributed by atoms with E-state index in [0.717, 1.165) is 17.5 Å². The van der Waals surface area contributed by atoms with Gasteiger partial charge in [0, 0.05) is 24.8 Å². The molecular formula is C19H18N4O2. The maximum atomic E-state index is 12.7. The number of carbonyl (C=O) groups is 1. The van der Waals surface area contributed by atoms with Gasteiger partial charge in [0.1, 0.15) is 5.69 Å². The van der Waals surface area contributed by atoms with Gasteiger partial charge < -0.3 is 9.42 Å². The van der Waals surface area contributed by atoms with Crippen molar-refractivity contribution >= 4 is 5.91 Å². The van der Waals surface area contributed by atoms with E-state index in [1.165, 1.54) is 0 Å². The largest absolute Gasteiger partial charge is 0.339 e. The van der Waals surface area contributed by atoms with Crippen molar-refractivity contribution < 1.29 is 9.32 Å². The molecular weight excluding hydrogens is 316 g/mol. The number of nitrogens with zero attached hydrogens (tertiary/aromatic N) is 4. The average molecular weight is 334 g/mol. The Labute approximate surface area is 145 Å². The fourth-order valence-corrected chi connectivity index (χ4v) is 3.13. The van der Waals surface area contributed by atoms with E-state index in [1.54, 1.807) is 6.20 Å². The van der Waals surface area contributed by atoms with E-state index in [0.29, 0.717) is 30.5 Å². The lowest BCUT2D eigenvalue weighted by atomic mass is 10.1. The molecule has 3 aromatic rings. The Morgan fingerprint density at radius 2 is 2.04 bits per heavy atom. The van der Waals surface area contributed by atoms with Crippen LogP contribution in [0, 0.1) is 6.92 Å². The van der Waals surface area contributed by atoms with Gasteiger partial charge in [-0.1, -0.05) is 29.4 Å². The van der Waals surface area contributed by atoms with Crippen molar-refractivity contribution in [2.24, 2.45) is 0 Å². The van der Waals surface area contributed by atoms with Gasteiger partial charge in [-0.3, -0.25) is 9.78 Å². The first-order valence-electron chi connectivity index (χ1n) is 8.32. The maximum absolute atomic E-state index is 12.7. The van der Waals surface area contributed by atoms with Crippen LogP contribution in [0.5, 0.6) is 0 Å². The molecule has 1 fully saturated rings. The first-order valence-corrected chi connectivity index (χ1v) is 8.32. The van der Waals surface area contributed by atoms with Crippen LogP contribution in [0.1, 0.15) is 34.2 Å². The highest BCUT2D eigenvalue weighted by Crippen LogP contribution is 2.28. The molecule has 25 heavy (non-hydrogen) atoms. The Kier molecular flexibility index (Phi) is 4.01. The van der Waals surface area contributed by atoms with Crippen molar-refractivity contribution in [1.82, 2.24) is 20.0 Å². The normalized spacial score (nSPS) is 17.0. The number of likely N-dealkylation sites (tertiary alicyclic amines) is 1. The number of amides is 1. The predicted octanol–water partition coefficient (Wildman–Crippen LogP) is 3.07. The molecule has 3 heterocycles. The monoisotopic (exact) mass is 334 g/mol. The van der Waals surface area contributed by atoms with E-state index in [4.69, 9.17) is 4.52 Å². The van der Waals surface area contributed by atoms with Gasteiger partial charge in [0.25, 0.3) is 5.91 Å². The van der Waals surface area contributed by atoms with Crippen molar-refractivity contribution in [2.75, 3.05) is 13.1 Å². The quantitative estimate of drug-likeness (QED) is 0.736. The van der Waals surface area contributed by atoms with Gasteiger partial charge in [0.2, 0.25) is 11.7 Å². The van der Waals surface area contributed by atoms with Gasteiger partial charge in [-0.2, -0.15) is 4.98 Å². The van der Waals surface area contributed by atoms with E-state index in [-0.39, 0.29) is 11.8 Å². The molecule has 1 amide bonds. The van der Waals surface area contributed by atoms with E-state index in [1.807, 2.05) is 54.3 Å². The summed E-state index contributed by atoms with van der Waals surface area (Å²) >= 11 is 0. The van der Waals surface area contributed by atoms with Crippen LogP contribution in [-0.4, -0.2) is 39.0 Å². The molecule has 1 saturated heterocycles. The van der Waals surface area contributed by atoms with Crippen LogP contribution >= 0.6 is 0 Å². The summed E-state index contributed by atoms with van der Waals surface area (Å²) in [6.45, 7) is 3.24. The Morgan fingerprint density at radius 3 is 2.84 bits per heavy atom. The van der Waals surface area contributed by atoms with E-state index >= 15 is 0 Å². The number of aromatic nitrogens is 3. The van der Waals surface area contributed by atoms with E-state index < -0.39 is 0 Å². The number of carbonyl (C=O) groups excluding carboxylic acids is 1. The Balaban J connectivity index is 1.49. The molecule has 4 rings (SSSR count). The van der Waals surface area contributed by atoms with Crippen LogP contribution in [-0.2, 0) is 0 Å². The number of rotatable bonds is 3. The third-order valence-electron chi connectivity index (χ3n) is 4.54. The molecule has 0 N–H and O–H groups in total. The molecule has 1 atom stereocenters. The zero-order chi connectivity index (χ0) is 17.2. The molecule has 6 heteroatoms. The summed E-state index contributed by atoms with van der Waals surface area (Å²) < 4.78 is 5.42. The summed E-state index contributed by atoms with van der Waals surface area (Å²) in [5, 5.41) is 4.02. The summed E-state index contributed by atoms with van der Waals surface area (Å²) in [6, 6.07) is 13.2. The molecule has 2 aromatic heterocycles. The van der Waals surface area contributed by atoms with Gasteiger partial charge in [-0.15, -0.1) is 0 Å². The molecule has 0 radical (unpaired) electrons. The highest BCUT2D eigenvalue weighted by molar-refractivity contribution is 5.95. The Bertz CT molecular complexity index is 891. The van der Waals surface area contributed by atoms with Crippen molar-refractivity contribution in [3.05, 3.63) is 65.7 Å². The molecule has 0 saturated carbocycles. The summed E-state index contributed by atoms with van der Waals surface area (Å²) in [4.78, 5) is 23.3. The Hall–Kier alpha value is -3.02. The minimum absolute atomic E-state index is 0.0602. The molecule has 0 spiro atoms. The lowest BCUT2D eigenvalue weighted by molar-refractivity contribution is 0.0789. The molecule has 126 valence electrons. The average Bonchev–Trinajstić information content (AvgIpc) is 3.32. The van der Waals surface area contributed by atoms with Crippen LogP contribution < -0.4 is 0 Å². The number of hydrogen-bond acceptors (Lipinski definition) is 5. The maximum Gasteiger partial charge on any atom is 0.254 e. The van der Waals surface area contributed by atoms with Gasteiger partial charge in [0.15, 0.2) is 0 Å². The summed E-state index contributed by atoms with van der Waals surface area (Å²) in [5.74, 6) is 1.18. The number of hydrogen-bond donors (Lipinski definition) is 0. The minimum Gasteiger partial charge on any atom is -0.339 e. The lowest BCUT2D eigenvalue weighted by Crippen LogP contribution is -2.29. The second-order valence-electron chi connectivity index (χ2n) is 6.22. The third kappa shape index (κ3) is 3.03. The predicted molar refractivity (Wildman–Crippen MR) is 92.0 cm³/mol. The van der Waals surface area contributed by atoms with Crippen molar-refractivity contribution in [3.8, 4) is 11.5 Å². The van der Waals surface area contributed by atoms with Gasteiger partial charge in [-0.25, -0.2) is 0 Å². The summed E-state index contributed by atoms with van der Waals surface area (Å²) in [7, 11) is 0. The fraction of sp³-hybridized carbons (Fsp3) is 0.263. The first kappa shape index (κ1) is 15.5. The molecule has 1 aromatic carbocycles. The minimum atomic E-state index is 0.0602. The van der Waals surface area contributed by atoms with Crippen molar-refractivity contribution in [2.45, 2.75) is 19.3 Å². The zero-order valence-corrected chi connectivity index (χ0v) is 13.9.